The molecule has 10 nitrogen and oxygen atoms in total. The van der Waals surface area contributed by atoms with Gasteiger partial charge in [0, 0.05) is 12.8 Å². The van der Waals surface area contributed by atoms with Gasteiger partial charge in [0.25, 0.3) is 0 Å². The highest BCUT2D eigenvalue weighted by Gasteiger charge is 2.44. The fourth-order valence-corrected chi connectivity index (χ4v) is 7.33. The van der Waals surface area contributed by atoms with E-state index in [-0.39, 0.29) is 32.0 Å². The zero-order chi connectivity index (χ0) is 43.7. The molecule has 0 amide bonds. The van der Waals surface area contributed by atoms with E-state index in [1.807, 2.05) is 0 Å². The SMILES string of the molecule is CCCCCC/C=C\C/C=C\CCCCCCCC(=O)OC(COC(=O)CCCCCCCCCCC/C=C\CCCCCCCC)COC1OC(CO)C(O)C(O)C1O. The van der Waals surface area contributed by atoms with Crippen LogP contribution in [0.4, 0.5) is 0 Å². The van der Waals surface area contributed by atoms with Gasteiger partial charge in [-0.3, -0.25) is 9.59 Å². The molecular formula is C50H90O10. The Labute approximate surface area is 366 Å². The molecule has 1 aliphatic heterocycles. The molecule has 1 rings (SSSR count). The summed E-state index contributed by atoms with van der Waals surface area (Å²) in [6, 6.07) is 0. The van der Waals surface area contributed by atoms with E-state index in [0.717, 1.165) is 64.2 Å². The van der Waals surface area contributed by atoms with Crippen molar-refractivity contribution in [1.82, 2.24) is 0 Å². The van der Waals surface area contributed by atoms with Crippen LogP contribution in [0.5, 0.6) is 0 Å². The van der Waals surface area contributed by atoms with Crippen LogP contribution in [0.3, 0.4) is 0 Å². The predicted octanol–water partition coefficient (Wildman–Crippen LogP) is 11.1. The molecule has 0 aromatic carbocycles. The van der Waals surface area contributed by atoms with Gasteiger partial charge in [0.1, 0.15) is 31.0 Å². The summed E-state index contributed by atoms with van der Waals surface area (Å²) in [6.07, 6.45) is 40.0. The van der Waals surface area contributed by atoms with Crippen LogP contribution in [-0.2, 0) is 28.5 Å². The van der Waals surface area contributed by atoms with Gasteiger partial charge in [-0.05, 0) is 70.6 Å². The Kier molecular flexibility index (Phi) is 38.2. The molecule has 6 unspecified atom stereocenters. The Morgan fingerprint density at radius 3 is 1.42 bits per heavy atom. The minimum Gasteiger partial charge on any atom is -0.462 e. The lowest BCUT2D eigenvalue weighted by Crippen LogP contribution is -2.59. The summed E-state index contributed by atoms with van der Waals surface area (Å²) in [5.74, 6) is -0.820. The summed E-state index contributed by atoms with van der Waals surface area (Å²) in [7, 11) is 0. The Morgan fingerprint density at radius 1 is 0.517 bits per heavy atom. The number of ether oxygens (including phenoxy) is 4. The van der Waals surface area contributed by atoms with Gasteiger partial charge in [-0.15, -0.1) is 0 Å². The van der Waals surface area contributed by atoms with Crippen LogP contribution in [0, 0.1) is 0 Å². The number of aliphatic hydroxyl groups excluding tert-OH is 4. The Hall–Kier alpha value is -2.08. The molecule has 1 aliphatic rings. The highest BCUT2D eigenvalue weighted by molar-refractivity contribution is 5.70. The zero-order valence-electron chi connectivity index (χ0n) is 38.2. The van der Waals surface area contributed by atoms with Gasteiger partial charge in [0.2, 0.25) is 0 Å². The van der Waals surface area contributed by atoms with Crippen molar-refractivity contribution in [3.05, 3.63) is 36.5 Å². The lowest BCUT2D eigenvalue weighted by Gasteiger charge is -2.39. The summed E-state index contributed by atoms with van der Waals surface area (Å²) in [5.41, 5.74) is 0. The summed E-state index contributed by atoms with van der Waals surface area (Å²) in [6.45, 7) is 3.40. The summed E-state index contributed by atoms with van der Waals surface area (Å²) >= 11 is 0. The van der Waals surface area contributed by atoms with E-state index in [1.165, 1.54) is 116 Å². The number of allylic oxidation sites excluding steroid dienone is 6. The number of carbonyl (C=O) groups is 2. The van der Waals surface area contributed by atoms with Gasteiger partial charge in [0.15, 0.2) is 12.4 Å². The largest absolute Gasteiger partial charge is 0.462 e. The third kappa shape index (κ3) is 31.7. The van der Waals surface area contributed by atoms with Crippen molar-refractivity contribution in [3.8, 4) is 0 Å². The van der Waals surface area contributed by atoms with E-state index in [0.29, 0.717) is 6.42 Å². The predicted molar refractivity (Wildman–Crippen MR) is 242 cm³/mol. The second-order valence-electron chi connectivity index (χ2n) is 16.9. The first-order chi connectivity index (χ1) is 29.3. The molecule has 60 heavy (non-hydrogen) atoms. The molecule has 350 valence electrons. The van der Waals surface area contributed by atoms with Crippen LogP contribution >= 0.6 is 0 Å². The molecular weight excluding hydrogens is 761 g/mol. The van der Waals surface area contributed by atoms with Gasteiger partial charge in [-0.2, -0.15) is 0 Å². The minimum atomic E-state index is -1.60. The van der Waals surface area contributed by atoms with Crippen molar-refractivity contribution in [2.75, 3.05) is 19.8 Å². The molecule has 0 spiro atoms. The topological polar surface area (TPSA) is 152 Å². The van der Waals surface area contributed by atoms with Crippen LogP contribution in [0.25, 0.3) is 0 Å². The Morgan fingerprint density at radius 2 is 0.933 bits per heavy atom. The lowest BCUT2D eigenvalue weighted by atomic mass is 9.99. The van der Waals surface area contributed by atoms with Crippen LogP contribution in [0.2, 0.25) is 0 Å². The van der Waals surface area contributed by atoms with Crippen molar-refractivity contribution < 1.29 is 49.0 Å². The highest BCUT2D eigenvalue weighted by atomic mass is 16.7. The van der Waals surface area contributed by atoms with Gasteiger partial charge in [0.05, 0.1) is 13.2 Å². The van der Waals surface area contributed by atoms with E-state index in [1.54, 1.807) is 0 Å². The first-order valence-corrected chi connectivity index (χ1v) is 24.6. The molecule has 0 aliphatic carbocycles. The van der Waals surface area contributed by atoms with Crippen LogP contribution in [0.15, 0.2) is 36.5 Å². The van der Waals surface area contributed by atoms with Crippen LogP contribution in [0.1, 0.15) is 213 Å². The van der Waals surface area contributed by atoms with Gasteiger partial charge < -0.3 is 39.4 Å². The second kappa shape index (κ2) is 41.0. The van der Waals surface area contributed by atoms with Crippen molar-refractivity contribution in [3.63, 3.8) is 0 Å². The number of rotatable bonds is 41. The molecule has 0 aromatic heterocycles. The normalized spacial score (nSPS) is 20.1. The Bertz CT molecular complexity index is 1080. The zero-order valence-corrected chi connectivity index (χ0v) is 38.2. The maximum Gasteiger partial charge on any atom is 0.306 e. The lowest BCUT2D eigenvalue weighted by molar-refractivity contribution is -0.305. The van der Waals surface area contributed by atoms with Crippen molar-refractivity contribution >= 4 is 11.9 Å². The number of hydrogen-bond donors (Lipinski definition) is 4. The quantitative estimate of drug-likeness (QED) is 0.0266. The monoisotopic (exact) mass is 851 g/mol. The fourth-order valence-electron chi connectivity index (χ4n) is 7.33. The molecule has 0 bridgehead atoms. The number of hydrogen-bond acceptors (Lipinski definition) is 10. The van der Waals surface area contributed by atoms with Crippen molar-refractivity contribution in [2.45, 2.75) is 250 Å². The molecule has 0 aromatic rings. The van der Waals surface area contributed by atoms with Gasteiger partial charge in [-0.1, -0.05) is 166 Å². The molecule has 1 heterocycles. The average Bonchev–Trinajstić information content (AvgIpc) is 3.25. The molecule has 0 saturated carbocycles. The number of carbonyl (C=O) groups excluding carboxylic acids is 2. The second-order valence-corrected chi connectivity index (χ2v) is 16.9. The highest BCUT2D eigenvalue weighted by Crippen LogP contribution is 2.23. The fraction of sp³-hybridized carbons (Fsp3) is 0.840. The molecule has 1 fully saturated rings. The number of esters is 2. The van der Waals surface area contributed by atoms with E-state index < -0.39 is 49.4 Å². The molecule has 1 saturated heterocycles. The molecule has 4 N–H and O–H groups in total. The van der Waals surface area contributed by atoms with Crippen molar-refractivity contribution in [1.29, 1.82) is 0 Å². The third-order valence-corrected chi connectivity index (χ3v) is 11.2. The minimum absolute atomic E-state index is 0.214. The van der Waals surface area contributed by atoms with Gasteiger partial charge in [-0.25, -0.2) is 0 Å². The first kappa shape index (κ1) is 55.9. The third-order valence-electron chi connectivity index (χ3n) is 11.2. The van der Waals surface area contributed by atoms with E-state index >= 15 is 0 Å². The van der Waals surface area contributed by atoms with E-state index in [2.05, 4.69) is 50.3 Å². The maximum absolute atomic E-state index is 12.8. The average molecular weight is 851 g/mol. The van der Waals surface area contributed by atoms with Crippen LogP contribution in [-0.4, -0.2) is 89.0 Å². The van der Waals surface area contributed by atoms with E-state index in [4.69, 9.17) is 18.9 Å². The smallest absolute Gasteiger partial charge is 0.306 e. The summed E-state index contributed by atoms with van der Waals surface area (Å²) < 4.78 is 22.2. The van der Waals surface area contributed by atoms with Crippen LogP contribution < -0.4 is 0 Å². The molecule has 0 radical (unpaired) electrons. The summed E-state index contributed by atoms with van der Waals surface area (Å²) in [5, 5.41) is 40.1. The summed E-state index contributed by atoms with van der Waals surface area (Å²) in [4.78, 5) is 25.4. The number of unbranched alkanes of at least 4 members (excludes halogenated alkanes) is 24. The van der Waals surface area contributed by atoms with Crippen molar-refractivity contribution in [2.24, 2.45) is 0 Å². The van der Waals surface area contributed by atoms with Gasteiger partial charge >= 0.3 is 11.9 Å². The molecule has 6 atom stereocenters. The standard InChI is InChI=1S/C50H90O10/c1-3-5-7-9-11-13-15-17-19-21-22-23-25-26-28-30-32-34-36-38-45(52)57-41-43(42-58-50-49(56)48(55)47(54)44(40-51)60-50)59-46(53)39-37-35-33-31-29-27-24-20-18-16-14-12-10-8-6-4-2/h14,16-17,19-20,24,43-44,47-51,54-56H,3-13,15,18,21-23,25-42H2,1-2H3/b16-14-,19-17-,24-20-. The molecule has 10 heteroatoms. The maximum atomic E-state index is 12.8. The Balaban J connectivity index is 2.29. The van der Waals surface area contributed by atoms with E-state index in [9.17, 15) is 30.0 Å². The number of aliphatic hydroxyl groups is 4. The first-order valence-electron chi connectivity index (χ1n) is 24.6.